The molecule has 1 aromatic heterocycles. The van der Waals surface area contributed by atoms with Gasteiger partial charge in [-0.3, -0.25) is 9.67 Å². The third kappa shape index (κ3) is 2.34. The molecule has 1 aliphatic heterocycles. The maximum Gasteiger partial charge on any atom is 0.162 e. The molecule has 4 nitrogen and oxygen atoms in total. The fourth-order valence-electron chi connectivity index (χ4n) is 2.60. The summed E-state index contributed by atoms with van der Waals surface area (Å²) in [5.74, 6) is 2.04. The standard InChI is InChI=1S/C12H18N4S/c1-16-8-5-10(15-16)13-11-14-12(9-17-11)6-3-2-4-7-12/h5,8H,2-4,6-7,9H2,1H3,(H,13,14,15). The van der Waals surface area contributed by atoms with Gasteiger partial charge in [0.15, 0.2) is 11.0 Å². The van der Waals surface area contributed by atoms with E-state index in [2.05, 4.69) is 10.4 Å². The van der Waals surface area contributed by atoms with Crippen molar-refractivity contribution in [1.29, 1.82) is 0 Å². The fourth-order valence-corrected chi connectivity index (χ4v) is 3.80. The van der Waals surface area contributed by atoms with Crippen molar-refractivity contribution in [3.63, 3.8) is 0 Å². The van der Waals surface area contributed by atoms with Crippen molar-refractivity contribution >= 4 is 22.7 Å². The van der Waals surface area contributed by atoms with Crippen LogP contribution in [0.3, 0.4) is 0 Å². The number of hydrogen-bond donors (Lipinski definition) is 1. The van der Waals surface area contributed by atoms with Gasteiger partial charge in [0, 0.05) is 25.1 Å². The Balaban J connectivity index is 1.70. The molecule has 2 heterocycles. The quantitative estimate of drug-likeness (QED) is 0.833. The molecule has 1 N–H and O–H groups in total. The zero-order valence-corrected chi connectivity index (χ0v) is 11.0. The number of aromatic nitrogens is 2. The average Bonchev–Trinajstić information content (AvgIpc) is 2.89. The van der Waals surface area contributed by atoms with E-state index in [0.29, 0.717) is 0 Å². The lowest BCUT2D eigenvalue weighted by molar-refractivity contribution is 0.335. The van der Waals surface area contributed by atoms with Crippen LogP contribution in [0.2, 0.25) is 0 Å². The van der Waals surface area contributed by atoms with Crippen molar-refractivity contribution in [3.05, 3.63) is 12.3 Å². The van der Waals surface area contributed by atoms with Crippen LogP contribution in [0.1, 0.15) is 32.1 Å². The van der Waals surface area contributed by atoms with Gasteiger partial charge in [0.1, 0.15) is 0 Å². The summed E-state index contributed by atoms with van der Waals surface area (Å²) in [6, 6.07) is 1.98. The van der Waals surface area contributed by atoms with Crippen LogP contribution >= 0.6 is 11.8 Å². The van der Waals surface area contributed by atoms with Crippen molar-refractivity contribution in [2.45, 2.75) is 37.6 Å². The Hall–Kier alpha value is -0.970. The number of aryl methyl sites for hydroxylation is 1. The highest BCUT2D eigenvalue weighted by atomic mass is 32.2. The Morgan fingerprint density at radius 2 is 2.18 bits per heavy atom. The minimum absolute atomic E-state index is 0.236. The summed E-state index contributed by atoms with van der Waals surface area (Å²) in [5, 5.41) is 8.68. The first-order chi connectivity index (χ1) is 8.26. The Labute approximate surface area is 106 Å². The van der Waals surface area contributed by atoms with E-state index in [0.717, 1.165) is 16.7 Å². The second-order valence-corrected chi connectivity index (χ2v) is 5.95. The molecule has 0 unspecified atom stereocenters. The first-order valence-corrected chi connectivity index (χ1v) is 7.24. The smallest absolute Gasteiger partial charge is 0.162 e. The van der Waals surface area contributed by atoms with Crippen LogP contribution in [-0.2, 0) is 7.05 Å². The van der Waals surface area contributed by atoms with Gasteiger partial charge < -0.3 is 5.32 Å². The van der Waals surface area contributed by atoms with Crippen molar-refractivity contribution in [3.8, 4) is 0 Å². The number of nitrogens with one attached hydrogen (secondary N) is 1. The zero-order valence-electron chi connectivity index (χ0n) is 10.1. The Morgan fingerprint density at radius 1 is 1.35 bits per heavy atom. The Morgan fingerprint density at radius 3 is 2.88 bits per heavy atom. The molecule has 0 radical (unpaired) electrons. The second-order valence-electron chi connectivity index (χ2n) is 4.99. The minimum atomic E-state index is 0.236. The van der Waals surface area contributed by atoms with Gasteiger partial charge in [-0.1, -0.05) is 31.0 Å². The van der Waals surface area contributed by atoms with Gasteiger partial charge in [0.25, 0.3) is 0 Å². The van der Waals surface area contributed by atoms with Crippen molar-refractivity contribution in [1.82, 2.24) is 9.78 Å². The molecule has 1 saturated carbocycles. The van der Waals surface area contributed by atoms with Gasteiger partial charge >= 0.3 is 0 Å². The number of nitrogens with zero attached hydrogens (tertiary/aromatic N) is 3. The molecular weight excluding hydrogens is 232 g/mol. The summed E-state index contributed by atoms with van der Waals surface area (Å²) in [4.78, 5) is 4.90. The molecule has 2 aliphatic rings. The number of amidine groups is 1. The lowest BCUT2D eigenvalue weighted by atomic mass is 9.84. The fraction of sp³-hybridized carbons (Fsp3) is 0.667. The molecular formula is C12H18N4S. The largest absolute Gasteiger partial charge is 0.318 e. The minimum Gasteiger partial charge on any atom is -0.318 e. The monoisotopic (exact) mass is 250 g/mol. The van der Waals surface area contributed by atoms with Crippen molar-refractivity contribution in [2.75, 3.05) is 11.1 Å². The van der Waals surface area contributed by atoms with Gasteiger partial charge in [-0.2, -0.15) is 5.10 Å². The first kappa shape index (κ1) is 11.1. The normalized spacial score (nSPS) is 22.8. The van der Waals surface area contributed by atoms with E-state index >= 15 is 0 Å². The highest BCUT2D eigenvalue weighted by Gasteiger charge is 2.36. The van der Waals surface area contributed by atoms with Gasteiger partial charge in [-0.15, -0.1) is 0 Å². The van der Waals surface area contributed by atoms with Crippen LogP contribution in [0.5, 0.6) is 0 Å². The van der Waals surface area contributed by atoms with Crippen LogP contribution in [0.25, 0.3) is 0 Å². The second kappa shape index (κ2) is 4.37. The van der Waals surface area contributed by atoms with Crippen LogP contribution in [0.4, 0.5) is 5.82 Å². The molecule has 3 rings (SSSR count). The van der Waals surface area contributed by atoms with E-state index in [9.17, 15) is 0 Å². The average molecular weight is 250 g/mol. The topological polar surface area (TPSA) is 42.2 Å². The summed E-state index contributed by atoms with van der Waals surface area (Å²) in [6.45, 7) is 0. The molecule has 17 heavy (non-hydrogen) atoms. The predicted octanol–water partition coefficient (Wildman–Crippen LogP) is 2.64. The van der Waals surface area contributed by atoms with Gasteiger partial charge in [0.2, 0.25) is 0 Å². The third-order valence-corrected chi connectivity index (χ3v) is 4.70. The molecule has 1 aromatic rings. The maximum atomic E-state index is 4.90. The summed E-state index contributed by atoms with van der Waals surface area (Å²) < 4.78 is 1.80. The van der Waals surface area contributed by atoms with E-state index in [1.54, 1.807) is 4.68 Å². The molecule has 0 amide bonds. The number of rotatable bonds is 1. The molecule has 0 saturated heterocycles. The van der Waals surface area contributed by atoms with E-state index in [4.69, 9.17) is 4.99 Å². The molecule has 5 heteroatoms. The Bertz CT molecular complexity index is 431. The molecule has 0 atom stereocenters. The van der Waals surface area contributed by atoms with Crippen LogP contribution in [-0.4, -0.2) is 26.2 Å². The molecule has 0 aromatic carbocycles. The third-order valence-electron chi connectivity index (χ3n) is 3.55. The number of hydrogen-bond acceptors (Lipinski definition) is 4. The summed E-state index contributed by atoms with van der Waals surface area (Å²) in [5.41, 5.74) is 0.236. The van der Waals surface area contributed by atoms with Crippen LogP contribution in [0.15, 0.2) is 17.3 Å². The van der Waals surface area contributed by atoms with Crippen LogP contribution in [0, 0.1) is 0 Å². The summed E-state index contributed by atoms with van der Waals surface area (Å²) in [7, 11) is 1.93. The highest BCUT2D eigenvalue weighted by molar-refractivity contribution is 8.14. The maximum absolute atomic E-state index is 4.90. The molecule has 0 bridgehead atoms. The summed E-state index contributed by atoms with van der Waals surface area (Å²) >= 11 is 1.84. The SMILES string of the molecule is Cn1ccc(NC2=NC3(CCCCC3)CS2)n1. The van der Waals surface area contributed by atoms with E-state index < -0.39 is 0 Å². The molecule has 92 valence electrons. The first-order valence-electron chi connectivity index (χ1n) is 6.25. The van der Waals surface area contributed by atoms with E-state index in [1.807, 2.05) is 31.1 Å². The molecule has 1 fully saturated rings. The van der Waals surface area contributed by atoms with E-state index in [1.165, 1.54) is 32.1 Å². The zero-order chi connectivity index (χ0) is 11.7. The van der Waals surface area contributed by atoms with Crippen molar-refractivity contribution in [2.24, 2.45) is 12.0 Å². The predicted molar refractivity (Wildman–Crippen MR) is 72.5 cm³/mol. The van der Waals surface area contributed by atoms with Gasteiger partial charge in [-0.05, 0) is 12.8 Å². The number of anilines is 1. The number of thioether (sulfide) groups is 1. The molecule has 1 aliphatic carbocycles. The molecule has 1 spiro atoms. The lowest BCUT2D eigenvalue weighted by Gasteiger charge is -2.29. The van der Waals surface area contributed by atoms with Gasteiger partial charge in [0.05, 0.1) is 5.54 Å². The lowest BCUT2D eigenvalue weighted by Crippen LogP contribution is -2.29. The Kier molecular flexibility index (Phi) is 2.86. The van der Waals surface area contributed by atoms with E-state index in [-0.39, 0.29) is 5.54 Å². The van der Waals surface area contributed by atoms with Crippen molar-refractivity contribution < 1.29 is 0 Å². The number of aliphatic imine (C=N–C) groups is 1. The van der Waals surface area contributed by atoms with Gasteiger partial charge in [-0.25, -0.2) is 0 Å². The summed E-state index contributed by atoms with van der Waals surface area (Å²) in [6.07, 6.45) is 8.51. The highest BCUT2D eigenvalue weighted by Crippen LogP contribution is 2.39. The van der Waals surface area contributed by atoms with Crippen LogP contribution < -0.4 is 5.32 Å².